The van der Waals surface area contributed by atoms with E-state index in [-0.39, 0.29) is 24.2 Å². The van der Waals surface area contributed by atoms with Crippen LogP contribution in [-0.2, 0) is 14.3 Å². The standard InChI is InChI=1S/C17H24N2O3/c1-4-18(5-2)14-7-9-15(10-8-14)19-12-13(11-16(19)20)17(21)22-6-3/h7-10,13H,4-6,11-12H2,1-3H3. The number of nitrogens with zero attached hydrogens (tertiary/aromatic N) is 2. The Morgan fingerprint density at radius 3 is 2.41 bits per heavy atom. The third-order valence-electron chi connectivity index (χ3n) is 4.03. The maximum absolute atomic E-state index is 12.1. The molecule has 0 N–H and O–H groups in total. The van der Waals surface area contributed by atoms with Crippen LogP contribution in [0.3, 0.4) is 0 Å². The molecule has 0 aromatic heterocycles. The Balaban J connectivity index is 2.09. The fraction of sp³-hybridized carbons (Fsp3) is 0.529. The molecule has 22 heavy (non-hydrogen) atoms. The van der Waals surface area contributed by atoms with E-state index in [1.807, 2.05) is 24.3 Å². The summed E-state index contributed by atoms with van der Waals surface area (Å²) in [6.45, 7) is 8.66. The zero-order valence-corrected chi connectivity index (χ0v) is 13.5. The Hall–Kier alpha value is -2.04. The molecule has 1 atom stereocenters. The minimum absolute atomic E-state index is 0.0198. The maximum atomic E-state index is 12.1. The van der Waals surface area contributed by atoms with Crippen LogP contribution in [0, 0.1) is 5.92 Å². The van der Waals surface area contributed by atoms with Crippen molar-refractivity contribution in [1.82, 2.24) is 0 Å². The monoisotopic (exact) mass is 304 g/mol. The average molecular weight is 304 g/mol. The molecule has 1 aliphatic heterocycles. The van der Waals surface area contributed by atoms with Crippen molar-refractivity contribution in [1.29, 1.82) is 0 Å². The maximum Gasteiger partial charge on any atom is 0.311 e. The van der Waals surface area contributed by atoms with E-state index in [9.17, 15) is 9.59 Å². The number of hydrogen-bond donors (Lipinski definition) is 0. The van der Waals surface area contributed by atoms with Crippen LogP contribution >= 0.6 is 0 Å². The Labute approximate surface area is 131 Å². The summed E-state index contributed by atoms with van der Waals surface area (Å²) in [6, 6.07) is 7.93. The second-order valence-corrected chi connectivity index (χ2v) is 5.35. The van der Waals surface area contributed by atoms with Gasteiger partial charge >= 0.3 is 5.97 Å². The molecule has 0 bridgehead atoms. The van der Waals surface area contributed by atoms with Crippen molar-refractivity contribution in [3.05, 3.63) is 24.3 Å². The second kappa shape index (κ2) is 7.29. The second-order valence-electron chi connectivity index (χ2n) is 5.35. The molecular weight excluding hydrogens is 280 g/mol. The SMILES string of the molecule is CCOC(=O)C1CC(=O)N(c2ccc(N(CC)CC)cc2)C1. The Kier molecular flexibility index (Phi) is 5.41. The van der Waals surface area contributed by atoms with Gasteiger partial charge in [-0.2, -0.15) is 0 Å². The molecule has 1 aromatic carbocycles. The van der Waals surface area contributed by atoms with Gasteiger partial charge in [0.15, 0.2) is 0 Å². The Morgan fingerprint density at radius 2 is 1.86 bits per heavy atom. The lowest BCUT2D eigenvalue weighted by molar-refractivity contribution is -0.147. The van der Waals surface area contributed by atoms with Crippen LogP contribution in [0.15, 0.2) is 24.3 Å². The number of carbonyl (C=O) groups is 2. The summed E-state index contributed by atoms with van der Waals surface area (Å²) in [4.78, 5) is 27.8. The van der Waals surface area contributed by atoms with E-state index in [0.29, 0.717) is 13.2 Å². The van der Waals surface area contributed by atoms with Crippen molar-refractivity contribution in [2.24, 2.45) is 5.92 Å². The zero-order chi connectivity index (χ0) is 16.1. The van der Waals surface area contributed by atoms with Gasteiger partial charge < -0.3 is 14.5 Å². The lowest BCUT2D eigenvalue weighted by Crippen LogP contribution is -2.26. The number of amides is 1. The van der Waals surface area contributed by atoms with Crippen LogP contribution in [0.5, 0.6) is 0 Å². The molecule has 0 spiro atoms. The third-order valence-corrected chi connectivity index (χ3v) is 4.03. The van der Waals surface area contributed by atoms with Crippen molar-refractivity contribution >= 4 is 23.3 Å². The molecule has 120 valence electrons. The van der Waals surface area contributed by atoms with Crippen molar-refractivity contribution in [2.45, 2.75) is 27.2 Å². The first-order chi connectivity index (χ1) is 10.6. The van der Waals surface area contributed by atoms with E-state index in [2.05, 4.69) is 18.7 Å². The molecule has 1 aromatic rings. The fourth-order valence-corrected chi connectivity index (χ4v) is 2.81. The van der Waals surface area contributed by atoms with Gasteiger partial charge in [-0.3, -0.25) is 9.59 Å². The Morgan fingerprint density at radius 1 is 1.23 bits per heavy atom. The summed E-state index contributed by atoms with van der Waals surface area (Å²) in [5.41, 5.74) is 1.98. The fourth-order valence-electron chi connectivity index (χ4n) is 2.81. The van der Waals surface area contributed by atoms with Gasteiger partial charge in [0.25, 0.3) is 0 Å². The zero-order valence-electron chi connectivity index (χ0n) is 13.5. The van der Waals surface area contributed by atoms with Gasteiger partial charge in [0.05, 0.1) is 12.5 Å². The van der Waals surface area contributed by atoms with Crippen molar-refractivity contribution < 1.29 is 14.3 Å². The average Bonchev–Trinajstić information content (AvgIpc) is 2.91. The highest BCUT2D eigenvalue weighted by Crippen LogP contribution is 2.27. The van der Waals surface area contributed by atoms with E-state index in [4.69, 9.17) is 4.74 Å². The number of rotatable bonds is 6. The van der Waals surface area contributed by atoms with Crippen LogP contribution < -0.4 is 9.80 Å². The number of hydrogen-bond acceptors (Lipinski definition) is 4. The summed E-state index contributed by atoms with van der Waals surface area (Å²) >= 11 is 0. The highest BCUT2D eigenvalue weighted by atomic mass is 16.5. The molecule has 0 saturated carbocycles. The molecule has 1 unspecified atom stereocenters. The van der Waals surface area contributed by atoms with E-state index in [1.54, 1.807) is 11.8 Å². The highest BCUT2D eigenvalue weighted by Gasteiger charge is 2.35. The number of esters is 1. The van der Waals surface area contributed by atoms with E-state index in [1.165, 1.54) is 0 Å². The van der Waals surface area contributed by atoms with Gasteiger partial charge in [-0.1, -0.05) is 0 Å². The predicted octanol–water partition coefficient (Wildman–Crippen LogP) is 2.45. The van der Waals surface area contributed by atoms with Gasteiger partial charge in [0, 0.05) is 37.4 Å². The first kappa shape index (κ1) is 16.3. The summed E-state index contributed by atoms with van der Waals surface area (Å²) in [6.07, 6.45) is 0.233. The van der Waals surface area contributed by atoms with Crippen LogP contribution in [0.1, 0.15) is 27.2 Å². The lowest BCUT2D eigenvalue weighted by Gasteiger charge is -2.22. The van der Waals surface area contributed by atoms with Crippen LogP contribution in [-0.4, -0.2) is 38.1 Å². The minimum Gasteiger partial charge on any atom is -0.466 e. The van der Waals surface area contributed by atoms with E-state index >= 15 is 0 Å². The van der Waals surface area contributed by atoms with Gasteiger partial charge in [-0.15, -0.1) is 0 Å². The molecule has 0 radical (unpaired) electrons. The molecule has 1 amide bonds. The highest BCUT2D eigenvalue weighted by molar-refractivity contribution is 5.99. The predicted molar refractivity (Wildman–Crippen MR) is 87.1 cm³/mol. The molecule has 1 fully saturated rings. The molecule has 5 nitrogen and oxygen atoms in total. The summed E-state index contributed by atoms with van der Waals surface area (Å²) in [5.74, 6) is -0.651. The Bertz CT molecular complexity index is 523. The summed E-state index contributed by atoms with van der Waals surface area (Å²) in [7, 11) is 0. The molecule has 0 aliphatic carbocycles. The van der Waals surface area contributed by atoms with Gasteiger partial charge in [-0.25, -0.2) is 0 Å². The third kappa shape index (κ3) is 3.40. The van der Waals surface area contributed by atoms with Crippen molar-refractivity contribution in [3.63, 3.8) is 0 Å². The van der Waals surface area contributed by atoms with Crippen molar-refractivity contribution in [3.8, 4) is 0 Å². The number of ether oxygens (including phenoxy) is 1. The summed E-state index contributed by atoms with van der Waals surface area (Å²) in [5, 5.41) is 0. The smallest absolute Gasteiger partial charge is 0.311 e. The number of anilines is 2. The number of carbonyl (C=O) groups excluding carboxylic acids is 2. The summed E-state index contributed by atoms with van der Waals surface area (Å²) < 4.78 is 5.01. The molecule has 1 heterocycles. The lowest BCUT2D eigenvalue weighted by atomic mass is 10.1. The van der Waals surface area contributed by atoms with Gasteiger partial charge in [0.1, 0.15) is 0 Å². The van der Waals surface area contributed by atoms with Gasteiger partial charge in [0.2, 0.25) is 5.91 Å². The quantitative estimate of drug-likeness (QED) is 0.758. The van der Waals surface area contributed by atoms with Crippen molar-refractivity contribution in [2.75, 3.05) is 36.0 Å². The molecule has 1 saturated heterocycles. The first-order valence-corrected chi connectivity index (χ1v) is 7.92. The topological polar surface area (TPSA) is 49.9 Å². The minimum atomic E-state index is -0.352. The normalized spacial score (nSPS) is 17.7. The number of benzene rings is 1. The van der Waals surface area contributed by atoms with E-state index in [0.717, 1.165) is 24.5 Å². The van der Waals surface area contributed by atoms with Crippen LogP contribution in [0.2, 0.25) is 0 Å². The molecular formula is C17H24N2O3. The molecule has 5 heteroatoms. The molecule has 1 aliphatic rings. The first-order valence-electron chi connectivity index (χ1n) is 7.92. The van der Waals surface area contributed by atoms with Crippen LogP contribution in [0.25, 0.3) is 0 Å². The largest absolute Gasteiger partial charge is 0.466 e. The van der Waals surface area contributed by atoms with Gasteiger partial charge in [-0.05, 0) is 45.0 Å². The van der Waals surface area contributed by atoms with E-state index < -0.39 is 0 Å². The molecule has 2 rings (SSSR count). The van der Waals surface area contributed by atoms with Crippen LogP contribution in [0.4, 0.5) is 11.4 Å².